The van der Waals surface area contributed by atoms with Crippen molar-refractivity contribution in [1.82, 2.24) is 4.98 Å². The molecule has 1 aromatic heterocycles. The lowest BCUT2D eigenvalue weighted by molar-refractivity contribution is 0.0691. The lowest BCUT2D eigenvalue weighted by Gasteiger charge is -2.37. The van der Waals surface area contributed by atoms with Crippen LogP contribution in [-0.2, 0) is 0 Å². The van der Waals surface area contributed by atoms with Gasteiger partial charge in [0.15, 0.2) is 5.69 Å². The Morgan fingerprint density at radius 1 is 1.59 bits per heavy atom. The van der Waals surface area contributed by atoms with E-state index in [2.05, 4.69) is 16.8 Å². The molecule has 0 saturated carbocycles. The lowest BCUT2D eigenvalue weighted by atomic mass is 9.99. The maximum absolute atomic E-state index is 11.2. The Bertz CT molecular complexity index is 406. The molecule has 92 valence electrons. The highest BCUT2D eigenvalue weighted by Gasteiger charge is 2.25. The molecule has 0 aromatic carbocycles. The number of hydrogen-bond donors (Lipinski definition) is 1. The van der Waals surface area contributed by atoms with E-state index in [0.29, 0.717) is 6.04 Å². The fraction of sp³-hybridized carbons (Fsp3) is 0.538. The second-order valence-electron chi connectivity index (χ2n) is 4.43. The molecule has 2 heterocycles. The van der Waals surface area contributed by atoms with Crippen LogP contribution in [0, 0.1) is 0 Å². The Morgan fingerprint density at radius 2 is 2.41 bits per heavy atom. The van der Waals surface area contributed by atoms with Crippen LogP contribution in [0.3, 0.4) is 0 Å². The summed E-state index contributed by atoms with van der Waals surface area (Å²) in [6.45, 7) is 3.09. The minimum Gasteiger partial charge on any atom is -0.476 e. The molecule has 0 radical (unpaired) electrons. The molecule has 4 nitrogen and oxygen atoms in total. The molecule has 1 aromatic rings. The SMILES string of the molecule is CC[C@@H]1CCCCN1c1cccnc1C(=O)O. The maximum atomic E-state index is 11.2. The number of nitrogens with zero attached hydrogens (tertiary/aromatic N) is 2. The lowest BCUT2D eigenvalue weighted by Crippen LogP contribution is -2.40. The van der Waals surface area contributed by atoms with E-state index in [0.717, 1.165) is 31.5 Å². The van der Waals surface area contributed by atoms with Crippen LogP contribution >= 0.6 is 0 Å². The third-order valence-corrected chi connectivity index (χ3v) is 3.40. The van der Waals surface area contributed by atoms with Gasteiger partial charge in [-0.1, -0.05) is 6.92 Å². The third kappa shape index (κ3) is 2.40. The summed E-state index contributed by atoms with van der Waals surface area (Å²) >= 11 is 0. The van der Waals surface area contributed by atoms with Crippen LogP contribution in [0.4, 0.5) is 5.69 Å². The number of pyridine rings is 1. The first-order chi connectivity index (χ1) is 8.24. The molecule has 0 bridgehead atoms. The van der Waals surface area contributed by atoms with Crippen LogP contribution in [0.1, 0.15) is 43.1 Å². The quantitative estimate of drug-likeness (QED) is 0.873. The van der Waals surface area contributed by atoms with Gasteiger partial charge in [-0.05, 0) is 37.8 Å². The van der Waals surface area contributed by atoms with Crippen molar-refractivity contribution in [1.29, 1.82) is 0 Å². The van der Waals surface area contributed by atoms with Crippen LogP contribution in [0.5, 0.6) is 0 Å². The summed E-state index contributed by atoms with van der Waals surface area (Å²) < 4.78 is 0. The van der Waals surface area contributed by atoms with E-state index < -0.39 is 5.97 Å². The second kappa shape index (κ2) is 5.17. The average Bonchev–Trinajstić information content (AvgIpc) is 2.38. The van der Waals surface area contributed by atoms with Crippen molar-refractivity contribution < 1.29 is 9.90 Å². The van der Waals surface area contributed by atoms with Gasteiger partial charge in [0, 0.05) is 18.8 Å². The van der Waals surface area contributed by atoms with E-state index in [1.165, 1.54) is 12.6 Å². The Balaban J connectivity index is 2.34. The normalized spacial score (nSPS) is 20.3. The van der Waals surface area contributed by atoms with Gasteiger partial charge in [-0.2, -0.15) is 0 Å². The molecule has 1 saturated heterocycles. The van der Waals surface area contributed by atoms with Crippen LogP contribution in [-0.4, -0.2) is 28.6 Å². The monoisotopic (exact) mass is 234 g/mol. The first kappa shape index (κ1) is 11.9. The van der Waals surface area contributed by atoms with Crippen molar-refractivity contribution in [3.8, 4) is 0 Å². The van der Waals surface area contributed by atoms with Crippen molar-refractivity contribution in [2.24, 2.45) is 0 Å². The third-order valence-electron chi connectivity index (χ3n) is 3.40. The molecule has 1 atom stereocenters. The molecular weight excluding hydrogens is 216 g/mol. The molecule has 0 unspecified atom stereocenters. The second-order valence-corrected chi connectivity index (χ2v) is 4.43. The molecule has 0 spiro atoms. The minimum absolute atomic E-state index is 0.174. The van der Waals surface area contributed by atoms with E-state index in [1.54, 1.807) is 0 Å². The molecule has 1 N–H and O–H groups in total. The smallest absolute Gasteiger partial charge is 0.356 e. The number of carboxylic acid groups (broad SMARTS) is 1. The van der Waals surface area contributed by atoms with Gasteiger partial charge >= 0.3 is 5.97 Å². The fourth-order valence-corrected chi connectivity index (χ4v) is 2.54. The van der Waals surface area contributed by atoms with E-state index in [4.69, 9.17) is 5.11 Å². The highest BCUT2D eigenvalue weighted by atomic mass is 16.4. The minimum atomic E-state index is -0.943. The maximum Gasteiger partial charge on any atom is 0.356 e. The number of piperidine rings is 1. The van der Waals surface area contributed by atoms with Gasteiger partial charge in [0.25, 0.3) is 0 Å². The van der Waals surface area contributed by atoms with Gasteiger partial charge < -0.3 is 10.0 Å². The first-order valence-corrected chi connectivity index (χ1v) is 6.19. The Labute approximate surface area is 101 Å². The van der Waals surface area contributed by atoms with Gasteiger partial charge in [-0.3, -0.25) is 0 Å². The number of carbonyl (C=O) groups is 1. The molecular formula is C13H18N2O2. The fourth-order valence-electron chi connectivity index (χ4n) is 2.54. The zero-order chi connectivity index (χ0) is 12.3. The van der Waals surface area contributed by atoms with E-state index in [-0.39, 0.29) is 5.69 Å². The summed E-state index contributed by atoms with van der Waals surface area (Å²) in [5.41, 5.74) is 0.944. The first-order valence-electron chi connectivity index (χ1n) is 6.19. The van der Waals surface area contributed by atoms with Crippen molar-refractivity contribution >= 4 is 11.7 Å². The topological polar surface area (TPSA) is 53.4 Å². The summed E-state index contributed by atoms with van der Waals surface area (Å²) in [7, 11) is 0. The largest absolute Gasteiger partial charge is 0.476 e. The van der Waals surface area contributed by atoms with Gasteiger partial charge in [0.1, 0.15) is 0 Å². The molecule has 0 aliphatic carbocycles. The Kier molecular flexibility index (Phi) is 3.61. The zero-order valence-electron chi connectivity index (χ0n) is 10.1. The molecule has 1 aliphatic rings. The number of anilines is 1. The van der Waals surface area contributed by atoms with Crippen LogP contribution in [0.2, 0.25) is 0 Å². The van der Waals surface area contributed by atoms with Crippen molar-refractivity contribution in [3.63, 3.8) is 0 Å². The van der Waals surface area contributed by atoms with E-state index in [1.807, 2.05) is 12.1 Å². The Morgan fingerprint density at radius 3 is 3.12 bits per heavy atom. The molecule has 4 heteroatoms. The van der Waals surface area contributed by atoms with Crippen molar-refractivity contribution in [2.75, 3.05) is 11.4 Å². The number of carboxylic acids is 1. The van der Waals surface area contributed by atoms with E-state index >= 15 is 0 Å². The van der Waals surface area contributed by atoms with Crippen LogP contribution < -0.4 is 4.90 Å². The number of aromatic carboxylic acids is 1. The summed E-state index contributed by atoms with van der Waals surface area (Å²) in [5.74, 6) is -0.943. The molecule has 17 heavy (non-hydrogen) atoms. The number of aromatic nitrogens is 1. The standard InChI is InChI=1S/C13H18N2O2/c1-2-10-6-3-4-9-15(10)11-7-5-8-14-12(11)13(16)17/h5,7-8,10H,2-4,6,9H2,1H3,(H,16,17)/t10-/m1/s1. The summed E-state index contributed by atoms with van der Waals surface area (Å²) in [6, 6.07) is 4.12. The van der Waals surface area contributed by atoms with Gasteiger partial charge in [-0.25, -0.2) is 9.78 Å². The molecule has 1 fully saturated rings. The predicted octanol–water partition coefficient (Wildman–Crippen LogP) is 2.55. The molecule has 1 aliphatic heterocycles. The summed E-state index contributed by atoms with van der Waals surface area (Å²) in [5, 5.41) is 9.17. The van der Waals surface area contributed by atoms with Gasteiger partial charge in [0.05, 0.1) is 5.69 Å². The summed E-state index contributed by atoms with van der Waals surface area (Å²) in [4.78, 5) is 17.4. The highest BCUT2D eigenvalue weighted by Crippen LogP contribution is 2.28. The zero-order valence-corrected chi connectivity index (χ0v) is 10.1. The highest BCUT2D eigenvalue weighted by molar-refractivity contribution is 5.92. The molecule has 2 rings (SSSR count). The van der Waals surface area contributed by atoms with E-state index in [9.17, 15) is 4.79 Å². The summed E-state index contributed by atoms with van der Waals surface area (Å²) in [6.07, 6.45) is 6.10. The number of hydrogen-bond acceptors (Lipinski definition) is 3. The van der Waals surface area contributed by atoms with Crippen LogP contribution in [0.15, 0.2) is 18.3 Å². The van der Waals surface area contributed by atoms with Gasteiger partial charge in [0.2, 0.25) is 0 Å². The average molecular weight is 234 g/mol. The number of rotatable bonds is 3. The van der Waals surface area contributed by atoms with Crippen molar-refractivity contribution in [2.45, 2.75) is 38.6 Å². The van der Waals surface area contributed by atoms with Crippen LogP contribution in [0.25, 0.3) is 0 Å². The molecule has 0 amide bonds. The Hall–Kier alpha value is -1.58. The van der Waals surface area contributed by atoms with Gasteiger partial charge in [-0.15, -0.1) is 0 Å². The predicted molar refractivity (Wildman–Crippen MR) is 66.5 cm³/mol. The van der Waals surface area contributed by atoms with Crippen molar-refractivity contribution in [3.05, 3.63) is 24.0 Å².